The molecule has 0 aliphatic heterocycles. The number of ether oxygens (including phenoxy) is 1. The number of nitrogens with one attached hydrogen (secondary N) is 2. The summed E-state index contributed by atoms with van der Waals surface area (Å²) in [4.78, 5) is 30.1. The first-order valence-corrected chi connectivity index (χ1v) is 3.70. The maximum atomic E-state index is 10.2. The number of carbonyl (C=O) groups excluding carboxylic acids is 3. The van der Waals surface area contributed by atoms with Gasteiger partial charge in [0, 0.05) is 21.2 Å². The zero-order valence-electron chi connectivity index (χ0n) is 8.42. The van der Waals surface area contributed by atoms with E-state index in [0.717, 1.165) is 0 Å². The van der Waals surface area contributed by atoms with Crippen LogP contribution in [0.5, 0.6) is 0 Å². The van der Waals surface area contributed by atoms with Crippen molar-refractivity contribution in [3.63, 3.8) is 0 Å². The molecule has 0 aromatic carbocycles. The fourth-order valence-electron chi connectivity index (χ4n) is 0.369. The van der Waals surface area contributed by atoms with E-state index >= 15 is 0 Å². The second kappa shape index (κ2) is 9.46. The summed E-state index contributed by atoms with van der Waals surface area (Å²) < 4.78 is 4.33. The summed E-state index contributed by atoms with van der Waals surface area (Å²) in [5, 5.41) is 4.33. The molecule has 7 nitrogen and oxygen atoms in total. The van der Waals surface area contributed by atoms with Crippen LogP contribution in [-0.4, -0.2) is 45.5 Å². The second-order valence-corrected chi connectivity index (χ2v) is 2.06. The number of rotatable bonds is 2. The molecule has 3 amide bonds. The van der Waals surface area contributed by atoms with Crippen LogP contribution in [0.15, 0.2) is 0 Å². The highest BCUT2D eigenvalue weighted by molar-refractivity contribution is 6.34. The van der Waals surface area contributed by atoms with Crippen molar-refractivity contribution in [3.05, 3.63) is 0 Å². The number of primary amides is 1. The van der Waals surface area contributed by atoms with Crippen LogP contribution in [0.2, 0.25) is 0 Å². The quantitative estimate of drug-likeness (QED) is 0.436. The van der Waals surface area contributed by atoms with Crippen LogP contribution in [0.25, 0.3) is 0 Å². The van der Waals surface area contributed by atoms with Crippen molar-refractivity contribution in [2.75, 3.05) is 27.8 Å². The molecule has 0 aromatic rings. The second-order valence-electron chi connectivity index (χ2n) is 2.06. The van der Waals surface area contributed by atoms with E-state index in [4.69, 9.17) is 0 Å². The minimum Gasteiger partial charge on any atom is -0.375 e. The van der Waals surface area contributed by atoms with E-state index in [2.05, 4.69) is 21.1 Å². The van der Waals surface area contributed by atoms with Crippen molar-refractivity contribution in [1.82, 2.24) is 10.6 Å². The standard InChI is InChI=1S/C4H8N2O2.C3H7NO2/c1-5-3(7)4(8)6-2;1-6-2-3(4)5/h1-2H3,(H,5,7)(H,6,8);2H2,1H3,(H2,4,5). The highest BCUT2D eigenvalue weighted by atomic mass is 16.5. The van der Waals surface area contributed by atoms with E-state index in [1.807, 2.05) is 0 Å². The van der Waals surface area contributed by atoms with Crippen molar-refractivity contribution >= 4 is 17.7 Å². The Kier molecular flexibility index (Phi) is 10.0. The molecule has 4 N–H and O–H groups in total. The first-order chi connectivity index (χ1) is 6.49. The largest absolute Gasteiger partial charge is 0.375 e. The van der Waals surface area contributed by atoms with Crippen molar-refractivity contribution in [3.8, 4) is 0 Å². The highest BCUT2D eigenvalue weighted by Crippen LogP contribution is 1.59. The lowest BCUT2D eigenvalue weighted by atomic mass is 10.6. The lowest BCUT2D eigenvalue weighted by Crippen LogP contribution is -2.35. The van der Waals surface area contributed by atoms with E-state index in [1.54, 1.807) is 0 Å². The molecule has 7 heteroatoms. The molecule has 0 fully saturated rings. The molecule has 0 unspecified atom stereocenters. The summed E-state index contributed by atoms with van der Waals surface area (Å²) in [5.41, 5.74) is 4.64. The smallest absolute Gasteiger partial charge is 0.309 e. The molecule has 0 aromatic heterocycles. The van der Waals surface area contributed by atoms with E-state index in [9.17, 15) is 14.4 Å². The number of nitrogens with two attached hydrogens (primary N) is 1. The average molecular weight is 205 g/mol. The van der Waals surface area contributed by atoms with Gasteiger partial charge in [0.05, 0.1) is 0 Å². The summed E-state index contributed by atoms with van der Waals surface area (Å²) in [6.45, 7) is 0.0139. The molecular weight excluding hydrogens is 190 g/mol. The summed E-state index contributed by atoms with van der Waals surface area (Å²) in [6, 6.07) is 0. The van der Waals surface area contributed by atoms with Gasteiger partial charge in [-0.15, -0.1) is 0 Å². The lowest BCUT2D eigenvalue weighted by molar-refractivity contribution is -0.138. The van der Waals surface area contributed by atoms with E-state index in [0.29, 0.717) is 0 Å². The Hall–Kier alpha value is -1.63. The molecular formula is C7H15N3O4. The molecule has 0 saturated heterocycles. The van der Waals surface area contributed by atoms with Crippen LogP contribution in [0, 0.1) is 0 Å². The highest BCUT2D eigenvalue weighted by Gasteiger charge is 2.05. The van der Waals surface area contributed by atoms with Gasteiger partial charge in [-0.1, -0.05) is 0 Å². The van der Waals surface area contributed by atoms with Gasteiger partial charge in [-0.05, 0) is 0 Å². The van der Waals surface area contributed by atoms with Gasteiger partial charge in [0.1, 0.15) is 6.61 Å². The molecule has 0 rings (SSSR count). The van der Waals surface area contributed by atoms with E-state index in [-0.39, 0.29) is 6.61 Å². The molecule has 0 heterocycles. The number of likely N-dealkylation sites (N-methyl/N-ethyl adjacent to an activating group) is 2. The molecule has 0 aliphatic rings. The normalized spacial score (nSPS) is 7.93. The van der Waals surface area contributed by atoms with Crippen molar-refractivity contribution in [2.45, 2.75) is 0 Å². The van der Waals surface area contributed by atoms with Gasteiger partial charge in [-0.25, -0.2) is 0 Å². The first-order valence-electron chi connectivity index (χ1n) is 3.70. The topological polar surface area (TPSA) is 111 Å². The van der Waals surface area contributed by atoms with Crippen LogP contribution in [-0.2, 0) is 19.1 Å². The Morgan fingerprint density at radius 2 is 1.50 bits per heavy atom. The Morgan fingerprint density at radius 3 is 1.57 bits per heavy atom. The fourth-order valence-corrected chi connectivity index (χ4v) is 0.369. The summed E-state index contributed by atoms with van der Waals surface area (Å²) in [6.07, 6.45) is 0. The van der Waals surface area contributed by atoms with E-state index in [1.165, 1.54) is 21.2 Å². The predicted octanol–water partition coefficient (Wildman–Crippen LogP) is -2.40. The molecule has 0 radical (unpaired) electrons. The third-order valence-electron chi connectivity index (χ3n) is 0.947. The van der Waals surface area contributed by atoms with Gasteiger partial charge in [0.15, 0.2) is 0 Å². The lowest BCUT2D eigenvalue weighted by Gasteiger charge is -1.93. The SMILES string of the molecule is CNC(=O)C(=O)NC.COCC(N)=O. The van der Waals surface area contributed by atoms with Crippen molar-refractivity contribution in [2.24, 2.45) is 5.73 Å². The third-order valence-corrected chi connectivity index (χ3v) is 0.947. The van der Waals surface area contributed by atoms with Gasteiger partial charge in [0.2, 0.25) is 5.91 Å². The van der Waals surface area contributed by atoms with E-state index < -0.39 is 17.7 Å². The average Bonchev–Trinajstić information content (AvgIpc) is 2.16. The summed E-state index contributed by atoms with van der Waals surface area (Å²) in [5.74, 6) is -1.67. The van der Waals surface area contributed by atoms with Gasteiger partial charge in [-0.2, -0.15) is 0 Å². The summed E-state index contributed by atoms with van der Waals surface area (Å²) in [7, 11) is 4.22. The number of amides is 3. The van der Waals surface area contributed by atoms with Crippen LogP contribution in [0.3, 0.4) is 0 Å². The number of hydrogen-bond donors (Lipinski definition) is 3. The fraction of sp³-hybridized carbons (Fsp3) is 0.571. The summed E-state index contributed by atoms with van der Waals surface area (Å²) >= 11 is 0. The Balaban J connectivity index is 0. The first kappa shape index (κ1) is 14.9. The monoisotopic (exact) mass is 205 g/mol. The molecule has 82 valence electrons. The Bertz CT molecular complexity index is 191. The Labute approximate surface area is 82.0 Å². The third kappa shape index (κ3) is 10.4. The molecule has 0 saturated carbocycles. The van der Waals surface area contributed by atoms with Crippen molar-refractivity contribution < 1.29 is 19.1 Å². The van der Waals surface area contributed by atoms with Crippen LogP contribution >= 0.6 is 0 Å². The van der Waals surface area contributed by atoms with Gasteiger partial charge < -0.3 is 21.1 Å². The maximum Gasteiger partial charge on any atom is 0.309 e. The number of hydrogen-bond acceptors (Lipinski definition) is 4. The Morgan fingerprint density at radius 1 is 1.14 bits per heavy atom. The van der Waals surface area contributed by atoms with Gasteiger partial charge >= 0.3 is 11.8 Å². The molecule has 14 heavy (non-hydrogen) atoms. The minimum atomic E-state index is -0.618. The molecule has 0 aliphatic carbocycles. The van der Waals surface area contributed by atoms with Crippen molar-refractivity contribution in [1.29, 1.82) is 0 Å². The zero-order chi connectivity index (χ0) is 11.6. The molecule has 0 spiro atoms. The zero-order valence-corrected chi connectivity index (χ0v) is 8.42. The molecule has 0 bridgehead atoms. The van der Waals surface area contributed by atoms with Crippen LogP contribution in [0.1, 0.15) is 0 Å². The minimum absolute atomic E-state index is 0.0139. The molecule has 0 atom stereocenters. The van der Waals surface area contributed by atoms with Crippen LogP contribution < -0.4 is 16.4 Å². The number of methoxy groups -OCH3 is 1. The van der Waals surface area contributed by atoms with Gasteiger partial charge in [-0.3, -0.25) is 14.4 Å². The van der Waals surface area contributed by atoms with Crippen LogP contribution in [0.4, 0.5) is 0 Å². The maximum absolute atomic E-state index is 10.2. The predicted molar refractivity (Wildman–Crippen MR) is 49.2 cm³/mol. The van der Waals surface area contributed by atoms with Gasteiger partial charge in [0.25, 0.3) is 0 Å². The number of carbonyl (C=O) groups is 3.